The first-order chi connectivity index (χ1) is 12.3. The highest BCUT2D eigenvalue weighted by Crippen LogP contribution is 2.49. The highest BCUT2D eigenvalue weighted by Gasteiger charge is 2.26. The standard InChI is InChI=1S/C18H22N6S/c1-19-8-9-21-13-5-6-14-15-16(23-24(14)11-10-20-2)12-4-3-7-22-18(12)25-17(13)15/h3-7,19-21H,8-11H2,1-2H3. The molecule has 0 saturated heterocycles. The first-order valence-corrected chi connectivity index (χ1v) is 9.35. The molecule has 25 heavy (non-hydrogen) atoms. The second-order valence-electron chi connectivity index (χ2n) is 6.00. The van der Waals surface area contributed by atoms with Gasteiger partial charge >= 0.3 is 0 Å². The Morgan fingerprint density at radius 1 is 1.08 bits per heavy atom. The van der Waals surface area contributed by atoms with Crippen molar-refractivity contribution in [3.63, 3.8) is 0 Å². The van der Waals surface area contributed by atoms with Crippen LogP contribution in [0, 0.1) is 0 Å². The lowest BCUT2D eigenvalue weighted by molar-refractivity contribution is 0.602. The fourth-order valence-corrected chi connectivity index (χ4v) is 4.27. The summed E-state index contributed by atoms with van der Waals surface area (Å²) >= 11 is 1.73. The molecule has 1 aliphatic heterocycles. The lowest BCUT2D eigenvalue weighted by Gasteiger charge is -2.18. The van der Waals surface area contributed by atoms with Crippen LogP contribution < -0.4 is 16.0 Å². The molecule has 3 aromatic rings. The van der Waals surface area contributed by atoms with Gasteiger partial charge in [0.05, 0.1) is 12.1 Å². The van der Waals surface area contributed by atoms with E-state index in [9.17, 15) is 0 Å². The number of hydrogen-bond donors (Lipinski definition) is 3. The van der Waals surface area contributed by atoms with Crippen molar-refractivity contribution in [1.82, 2.24) is 25.4 Å². The molecule has 6 nitrogen and oxygen atoms in total. The Morgan fingerprint density at radius 2 is 1.96 bits per heavy atom. The number of nitrogens with zero attached hydrogens (tertiary/aromatic N) is 3. The number of likely N-dealkylation sites (N-methyl/N-ethyl adjacent to an activating group) is 2. The van der Waals surface area contributed by atoms with E-state index in [0.29, 0.717) is 0 Å². The van der Waals surface area contributed by atoms with E-state index in [1.807, 2.05) is 26.4 Å². The van der Waals surface area contributed by atoms with Gasteiger partial charge < -0.3 is 16.0 Å². The number of anilines is 1. The van der Waals surface area contributed by atoms with Crippen LogP contribution in [0.2, 0.25) is 0 Å². The zero-order valence-corrected chi connectivity index (χ0v) is 15.3. The van der Waals surface area contributed by atoms with Gasteiger partial charge in [-0.1, -0.05) is 11.8 Å². The maximum absolute atomic E-state index is 4.92. The van der Waals surface area contributed by atoms with Gasteiger partial charge in [-0.15, -0.1) is 0 Å². The van der Waals surface area contributed by atoms with Crippen LogP contribution in [0.1, 0.15) is 0 Å². The number of benzene rings is 1. The number of hydrogen-bond acceptors (Lipinski definition) is 6. The molecule has 0 atom stereocenters. The van der Waals surface area contributed by atoms with Crippen LogP contribution in [0.25, 0.3) is 22.2 Å². The fourth-order valence-electron chi connectivity index (χ4n) is 3.13. The number of fused-ring (bicyclic) bond motifs is 2. The number of pyridine rings is 1. The predicted molar refractivity (Wildman–Crippen MR) is 103 cm³/mol. The second-order valence-corrected chi connectivity index (χ2v) is 7.00. The average molecular weight is 354 g/mol. The Hall–Kier alpha value is -2.09. The van der Waals surface area contributed by atoms with Gasteiger partial charge in [0, 0.05) is 47.4 Å². The third kappa shape index (κ3) is 2.88. The predicted octanol–water partition coefficient (Wildman–Crippen LogP) is 2.41. The Bertz CT molecular complexity index is 904. The summed E-state index contributed by atoms with van der Waals surface area (Å²) < 4.78 is 2.10. The lowest BCUT2D eigenvalue weighted by Crippen LogP contribution is -2.18. The largest absolute Gasteiger partial charge is 0.383 e. The minimum atomic E-state index is 0.846. The molecular formula is C18H22N6S. The Labute approximate surface area is 151 Å². The van der Waals surface area contributed by atoms with Crippen molar-refractivity contribution >= 4 is 28.4 Å². The Balaban J connectivity index is 1.86. The molecule has 0 bridgehead atoms. The van der Waals surface area contributed by atoms with Crippen LogP contribution >= 0.6 is 11.8 Å². The number of aromatic nitrogens is 3. The van der Waals surface area contributed by atoms with Crippen LogP contribution in [0.5, 0.6) is 0 Å². The van der Waals surface area contributed by atoms with Crippen molar-refractivity contribution in [2.24, 2.45) is 0 Å². The quantitative estimate of drug-likeness (QED) is 0.443. The van der Waals surface area contributed by atoms with Crippen molar-refractivity contribution in [3.05, 3.63) is 30.5 Å². The van der Waals surface area contributed by atoms with E-state index >= 15 is 0 Å². The lowest BCUT2D eigenvalue weighted by atomic mass is 10.1. The highest BCUT2D eigenvalue weighted by molar-refractivity contribution is 7.99. The Morgan fingerprint density at radius 3 is 2.80 bits per heavy atom. The van der Waals surface area contributed by atoms with Crippen LogP contribution in [-0.2, 0) is 6.54 Å². The van der Waals surface area contributed by atoms with Crippen molar-refractivity contribution in [3.8, 4) is 11.3 Å². The first-order valence-electron chi connectivity index (χ1n) is 8.53. The second kappa shape index (κ2) is 7.03. The van der Waals surface area contributed by atoms with E-state index in [2.05, 4.69) is 43.8 Å². The van der Waals surface area contributed by atoms with Gasteiger partial charge in [-0.3, -0.25) is 4.68 Å². The van der Waals surface area contributed by atoms with Gasteiger partial charge in [0.25, 0.3) is 0 Å². The zero-order valence-electron chi connectivity index (χ0n) is 14.5. The molecule has 0 saturated carbocycles. The topological polar surface area (TPSA) is 66.8 Å². The summed E-state index contributed by atoms with van der Waals surface area (Å²) in [5, 5.41) is 17.1. The Kier molecular flexibility index (Phi) is 4.61. The number of nitrogens with one attached hydrogen (secondary N) is 3. The summed E-state index contributed by atoms with van der Waals surface area (Å²) in [6.07, 6.45) is 1.85. The van der Waals surface area contributed by atoms with Crippen molar-refractivity contribution in [2.75, 3.05) is 39.0 Å². The summed E-state index contributed by atoms with van der Waals surface area (Å²) in [5.41, 5.74) is 4.50. The molecule has 0 fully saturated rings. The van der Waals surface area contributed by atoms with Crippen molar-refractivity contribution < 1.29 is 0 Å². The minimum absolute atomic E-state index is 0.846. The van der Waals surface area contributed by atoms with Gasteiger partial charge in [-0.05, 0) is 38.4 Å². The van der Waals surface area contributed by atoms with Gasteiger partial charge in [0.1, 0.15) is 10.7 Å². The molecule has 1 aromatic carbocycles. The number of rotatable bonds is 7. The maximum Gasteiger partial charge on any atom is 0.110 e. The molecular weight excluding hydrogens is 332 g/mol. The molecule has 3 heterocycles. The minimum Gasteiger partial charge on any atom is -0.383 e. The van der Waals surface area contributed by atoms with E-state index in [0.717, 1.165) is 48.1 Å². The van der Waals surface area contributed by atoms with Crippen molar-refractivity contribution in [2.45, 2.75) is 16.5 Å². The zero-order chi connectivity index (χ0) is 17.2. The molecule has 130 valence electrons. The molecule has 7 heteroatoms. The fraction of sp³-hybridized carbons (Fsp3) is 0.333. The maximum atomic E-state index is 4.92. The summed E-state index contributed by atoms with van der Waals surface area (Å²) in [5.74, 6) is 0. The molecule has 2 aromatic heterocycles. The third-order valence-electron chi connectivity index (χ3n) is 4.36. The molecule has 0 radical (unpaired) electrons. The first kappa shape index (κ1) is 16.4. The normalized spacial score (nSPS) is 12.4. The highest BCUT2D eigenvalue weighted by atomic mass is 32.2. The van der Waals surface area contributed by atoms with Crippen LogP contribution in [0.15, 0.2) is 40.4 Å². The summed E-state index contributed by atoms with van der Waals surface area (Å²) in [7, 11) is 3.93. The molecule has 3 N–H and O–H groups in total. The van der Waals surface area contributed by atoms with E-state index < -0.39 is 0 Å². The summed E-state index contributed by atoms with van der Waals surface area (Å²) in [6, 6.07) is 8.44. The van der Waals surface area contributed by atoms with E-state index in [-0.39, 0.29) is 0 Å². The SMILES string of the molecule is CNCCNc1ccc2c3c(nn2CCNC)-c2cccnc2Sc13. The molecule has 0 unspecified atom stereocenters. The monoisotopic (exact) mass is 354 g/mol. The van der Waals surface area contributed by atoms with Crippen molar-refractivity contribution in [1.29, 1.82) is 0 Å². The van der Waals surface area contributed by atoms with Gasteiger partial charge in [0.15, 0.2) is 0 Å². The molecule has 0 aliphatic carbocycles. The molecule has 4 rings (SSSR count). The van der Waals surface area contributed by atoms with Gasteiger partial charge in [-0.2, -0.15) is 5.10 Å². The third-order valence-corrected chi connectivity index (χ3v) is 5.51. The van der Waals surface area contributed by atoms with Crippen LogP contribution in [0.3, 0.4) is 0 Å². The van der Waals surface area contributed by atoms with Gasteiger partial charge in [-0.25, -0.2) is 4.98 Å². The van der Waals surface area contributed by atoms with Crippen LogP contribution in [-0.4, -0.2) is 48.5 Å². The summed E-state index contributed by atoms with van der Waals surface area (Å²) in [4.78, 5) is 5.80. The molecule has 0 amide bonds. The molecule has 0 spiro atoms. The van der Waals surface area contributed by atoms with E-state index in [1.54, 1.807) is 11.8 Å². The average Bonchev–Trinajstić information content (AvgIpc) is 3.02. The summed E-state index contributed by atoms with van der Waals surface area (Å²) in [6.45, 7) is 3.54. The molecule has 1 aliphatic rings. The van der Waals surface area contributed by atoms with E-state index in [4.69, 9.17) is 5.10 Å². The smallest absolute Gasteiger partial charge is 0.110 e. The van der Waals surface area contributed by atoms with E-state index in [1.165, 1.54) is 15.8 Å². The van der Waals surface area contributed by atoms with Crippen LogP contribution in [0.4, 0.5) is 5.69 Å². The van der Waals surface area contributed by atoms with Gasteiger partial charge in [0.2, 0.25) is 0 Å².